The summed E-state index contributed by atoms with van der Waals surface area (Å²) in [5.74, 6) is 0.872. The topological polar surface area (TPSA) is 36.1 Å². The molecule has 4 rings (SSSR count). The number of H-pyrrole nitrogens is 1. The normalized spacial score (nSPS) is 26.2. The fraction of sp³-hybridized carbons (Fsp3) is 0.471. The van der Waals surface area contributed by atoms with Crippen molar-refractivity contribution in [3.63, 3.8) is 0 Å². The molecule has 1 fully saturated rings. The molecule has 0 saturated carbocycles. The minimum absolute atomic E-state index is 0.251. The van der Waals surface area contributed by atoms with Crippen molar-refractivity contribution in [2.75, 3.05) is 6.54 Å². The first kappa shape index (κ1) is 12.0. The molecule has 2 atom stereocenters. The van der Waals surface area contributed by atoms with E-state index in [0.29, 0.717) is 18.2 Å². The van der Waals surface area contributed by atoms with Crippen LogP contribution < -0.4 is 0 Å². The number of rotatable bonds is 0. The van der Waals surface area contributed by atoms with Gasteiger partial charge in [-0.25, -0.2) is 0 Å². The van der Waals surface area contributed by atoms with Crippen LogP contribution in [-0.2, 0) is 11.2 Å². The zero-order valence-corrected chi connectivity index (χ0v) is 11.9. The minimum Gasteiger partial charge on any atom is -0.356 e. The van der Waals surface area contributed by atoms with Crippen LogP contribution in [0.15, 0.2) is 24.3 Å². The van der Waals surface area contributed by atoms with E-state index in [0.717, 1.165) is 25.8 Å². The predicted octanol–water partition coefficient (Wildman–Crippen LogP) is 3.41. The first-order valence-corrected chi connectivity index (χ1v) is 7.64. The fourth-order valence-electron chi connectivity index (χ4n) is 3.99. The van der Waals surface area contributed by atoms with Gasteiger partial charge in [0.2, 0.25) is 5.91 Å². The van der Waals surface area contributed by atoms with E-state index in [1.165, 1.54) is 22.2 Å². The summed E-state index contributed by atoms with van der Waals surface area (Å²) >= 11 is 0. The molecule has 2 aromatic rings. The van der Waals surface area contributed by atoms with Crippen molar-refractivity contribution in [1.29, 1.82) is 0 Å². The Morgan fingerprint density at radius 2 is 2.10 bits per heavy atom. The lowest BCUT2D eigenvalue weighted by molar-refractivity contribution is -0.138. The van der Waals surface area contributed by atoms with Crippen LogP contribution in [0.25, 0.3) is 10.9 Å². The quantitative estimate of drug-likeness (QED) is 0.781. The molecule has 20 heavy (non-hydrogen) atoms. The summed E-state index contributed by atoms with van der Waals surface area (Å²) in [5, 5.41) is 1.34. The number of piperidine rings is 1. The van der Waals surface area contributed by atoms with Gasteiger partial charge < -0.3 is 9.88 Å². The fourth-order valence-corrected chi connectivity index (χ4v) is 3.99. The van der Waals surface area contributed by atoms with Gasteiger partial charge >= 0.3 is 0 Å². The Morgan fingerprint density at radius 1 is 1.25 bits per heavy atom. The van der Waals surface area contributed by atoms with Gasteiger partial charge in [0, 0.05) is 29.6 Å². The van der Waals surface area contributed by atoms with Gasteiger partial charge in [-0.05, 0) is 36.8 Å². The predicted molar refractivity (Wildman–Crippen MR) is 79.5 cm³/mol. The van der Waals surface area contributed by atoms with E-state index in [9.17, 15) is 4.79 Å². The number of fused-ring (bicyclic) bond motifs is 5. The molecule has 1 amide bonds. The molecule has 104 valence electrons. The number of hydrogen-bond donors (Lipinski definition) is 1. The van der Waals surface area contributed by atoms with Gasteiger partial charge in [0.1, 0.15) is 0 Å². The van der Waals surface area contributed by atoms with Crippen molar-refractivity contribution in [1.82, 2.24) is 9.88 Å². The Morgan fingerprint density at radius 3 is 3.00 bits per heavy atom. The first-order valence-electron chi connectivity index (χ1n) is 7.64. The summed E-state index contributed by atoms with van der Waals surface area (Å²) < 4.78 is 0. The van der Waals surface area contributed by atoms with Crippen LogP contribution in [-0.4, -0.2) is 22.3 Å². The first-order chi connectivity index (χ1) is 9.75. The molecule has 1 aromatic heterocycles. The second-order valence-corrected chi connectivity index (χ2v) is 6.21. The Labute approximate surface area is 119 Å². The number of carbonyl (C=O) groups excluding carboxylic acids is 1. The zero-order valence-electron chi connectivity index (χ0n) is 11.9. The Bertz CT molecular complexity index is 673. The lowest BCUT2D eigenvalue weighted by Gasteiger charge is -2.38. The van der Waals surface area contributed by atoms with Crippen molar-refractivity contribution in [3.8, 4) is 0 Å². The van der Waals surface area contributed by atoms with E-state index < -0.39 is 0 Å². The summed E-state index contributed by atoms with van der Waals surface area (Å²) in [4.78, 5) is 18.0. The van der Waals surface area contributed by atoms with Gasteiger partial charge in [0.05, 0.1) is 6.04 Å². The standard InChI is InChI=1S/C17H20N2O/c1-11-8-9-15(20)19-10-4-6-13-12-5-2-3-7-14(12)18-16(13)17(11)19/h2-3,5,7,11,17-18H,4,6,8-10H2,1H3/t11-,17+/m0/s1. The lowest BCUT2D eigenvalue weighted by Crippen LogP contribution is -2.42. The highest BCUT2D eigenvalue weighted by Gasteiger charge is 2.38. The minimum atomic E-state index is 0.251. The van der Waals surface area contributed by atoms with Crippen molar-refractivity contribution in [3.05, 3.63) is 35.5 Å². The average molecular weight is 268 g/mol. The number of aromatic nitrogens is 1. The van der Waals surface area contributed by atoms with Crippen LogP contribution in [0.5, 0.6) is 0 Å². The highest BCUT2D eigenvalue weighted by Crippen LogP contribution is 2.41. The molecule has 3 heteroatoms. The Balaban J connectivity index is 1.92. The summed E-state index contributed by atoms with van der Waals surface area (Å²) in [6.45, 7) is 3.19. The van der Waals surface area contributed by atoms with Crippen LogP contribution in [0.1, 0.15) is 43.5 Å². The third-order valence-electron chi connectivity index (χ3n) is 4.98. The van der Waals surface area contributed by atoms with Crippen LogP contribution in [0.4, 0.5) is 0 Å². The summed E-state index contributed by atoms with van der Waals surface area (Å²) in [5.41, 5.74) is 3.95. The Kier molecular flexibility index (Phi) is 2.62. The van der Waals surface area contributed by atoms with E-state index in [2.05, 4.69) is 41.1 Å². The van der Waals surface area contributed by atoms with Gasteiger partial charge in [-0.15, -0.1) is 0 Å². The highest BCUT2D eigenvalue weighted by atomic mass is 16.2. The maximum absolute atomic E-state index is 12.3. The molecule has 0 radical (unpaired) electrons. The highest BCUT2D eigenvalue weighted by molar-refractivity contribution is 5.86. The van der Waals surface area contributed by atoms with Crippen molar-refractivity contribution >= 4 is 16.8 Å². The number of nitrogens with one attached hydrogen (secondary N) is 1. The monoisotopic (exact) mass is 268 g/mol. The molecule has 0 bridgehead atoms. The number of nitrogens with zero attached hydrogens (tertiary/aromatic N) is 1. The number of aromatic amines is 1. The largest absolute Gasteiger partial charge is 0.356 e. The molecule has 0 unspecified atom stereocenters. The third kappa shape index (κ3) is 1.62. The van der Waals surface area contributed by atoms with Gasteiger partial charge in [-0.3, -0.25) is 4.79 Å². The molecule has 0 aliphatic carbocycles. The lowest BCUT2D eigenvalue weighted by atomic mass is 9.87. The second-order valence-electron chi connectivity index (χ2n) is 6.21. The van der Waals surface area contributed by atoms with Crippen molar-refractivity contribution in [2.24, 2.45) is 5.92 Å². The van der Waals surface area contributed by atoms with Crippen LogP contribution in [0, 0.1) is 5.92 Å². The number of benzene rings is 1. The average Bonchev–Trinajstić information content (AvgIpc) is 2.70. The van der Waals surface area contributed by atoms with E-state index in [1.807, 2.05) is 0 Å². The SMILES string of the molecule is C[C@H]1CCC(=O)N2CCCc3c([nH]c4ccccc34)[C@@H]12. The maximum Gasteiger partial charge on any atom is 0.223 e. The van der Waals surface area contributed by atoms with E-state index in [4.69, 9.17) is 0 Å². The molecular weight excluding hydrogens is 248 g/mol. The number of carbonyl (C=O) groups is 1. The molecule has 3 nitrogen and oxygen atoms in total. The van der Waals surface area contributed by atoms with Gasteiger partial charge in [-0.2, -0.15) is 0 Å². The molecule has 1 N–H and O–H groups in total. The van der Waals surface area contributed by atoms with Crippen molar-refractivity contribution in [2.45, 2.75) is 38.6 Å². The number of amides is 1. The maximum atomic E-state index is 12.3. The molecule has 1 aromatic carbocycles. The summed E-state index contributed by atoms with van der Waals surface area (Å²) in [7, 11) is 0. The number of aryl methyl sites for hydroxylation is 1. The van der Waals surface area contributed by atoms with Crippen LogP contribution in [0.2, 0.25) is 0 Å². The smallest absolute Gasteiger partial charge is 0.223 e. The van der Waals surface area contributed by atoms with E-state index in [1.54, 1.807) is 0 Å². The van der Waals surface area contributed by atoms with Gasteiger partial charge in [-0.1, -0.05) is 25.1 Å². The van der Waals surface area contributed by atoms with Crippen LogP contribution in [0.3, 0.4) is 0 Å². The zero-order chi connectivity index (χ0) is 13.7. The number of hydrogen-bond acceptors (Lipinski definition) is 1. The third-order valence-corrected chi connectivity index (χ3v) is 4.98. The summed E-state index contributed by atoms with van der Waals surface area (Å²) in [6.07, 6.45) is 3.87. The molecule has 0 spiro atoms. The summed E-state index contributed by atoms with van der Waals surface area (Å²) in [6, 6.07) is 8.78. The van der Waals surface area contributed by atoms with Crippen LogP contribution >= 0.6 is 0 Å². The van der Waals surface area contributed by atoms with Crippen molar-refractivity contribution < 1.29 is 4.79 Å². The van der Waals surface area contributed by atoms with E-state index in [-0.39, 0.29) is 6.04 Å². The molecular formula is C17H20N2O. The van der Waals surface area contributed by atoms with Gasteiger partial charge in [0.15, 0.2) is 0 Å². The molecule has 2 aliphatic heterocycles. The molecule has 2 aliphatic rings. The van der Waals surface area contributed by atoms with E-state index >= 15 is 0 Å². The van der Waals surface area contributed by atoms with Gasteiger partial charge in [0.25, 0.3) is 0 Å². The Hall–Kier alpha value is -1.77. The molecule has 1 saturated heterocycles. The molecule has 3 heterocycles. The second kappa shape index (κ2) is 4.37. The number of para-hydroxylation sites is 1.